The molecule has 0 aromatic heterocycles. The lowest BCUT2D eigenvalue weighted by Gasteiger charge is -2.09. The maximum Gasteiger partial charge on any atom is 0.175 e. The number of halogens is 1. The zero-order valence-electron chi connectivity index (χ0n) is 10.1. The van der Waals surface area contributed by atoms with Gasteiger partial charge in [0.2, 0.25) is 0 Å². The van der Waals surface area contributed by atoms with E-state index in [1.165, 1.54) is 12.1 Å². The molecular formula is C13H12ClNO3S. The first-order valence-corrected chi connectivity index (χ1v) is 7.67. The van der Waals surface area contributed by atoms with Gasteiger partial charge < -0.3 is 10.5 Å². The average Bonchev–Trinajstić information content (AvgIpc) is 2.35. The van der Waals surface area contributed by atoms with Gasteiger partial charge in [0.15, 0.2) is 15.6 Å². The second kappa shape index (κ2) is 5.11. The standard InChI is InChI=1S/C13H12ClNO3S/c1-19(16,17)10-7-5-9(6-8-10)18-12-4-2-3-11(14)13(12)15/h2-8H,15H2,1H3. The van der Waals surface area contributed by atoms with Gasteiger partial charge in [-0.3, -0.25) is 0 Å². The highest BCUT2D eigenvalue weighted by Crippen LogP contribution is 2.32. The van der Waals surface area contributed by atoms with Gasteiger partial charge in [-0.1, -0.05) is 17.7 Å². The summed E-state index contributed by atoms with van der Waals surface area (Å²) in [6.07, 6.45) is 1.15. The van der Waals surface area contributed by atoms with Crippen molar-refractivity contribution in [3.63, 3.8) is 0 Å². The van der Waals surface area contributed by atoms with Crippen molar-refractivity contribution < 1.29 is 13.2 Å². The third-order valence-corrected chi connectivity index (χ3v) is 3.95. The van der Waals surface area contributed by atoms with Crippen LogP contribution in [0.25, 0.3) is 0 Å². The number of benzene rings is 2. The molecule has 100 valence electrons. The summed E-state index contributed by atoms with van der Waals surface area (Å²) in [6, 6.07) is 11.2. The van der Waals surface area contributed by atoms with Crippen LogP contribution < -0.4 is 10.5 Å². The van der Waals surface area contributed by atoms with E-state index in [1.807, 2.05) is 0 Å². The van der Waals surface area contributed by atoms with E-state index < -0.39 is 9.84 Å². The SMILES string of the molecule is CS(=O)(=O)c1ccc(Oc2cccc(Cl)c2N)cc1. The highest BCUT2D eigenvalue weighted by Gasteiger charge is 2.08. The Morgan fingerprint density at radius 3 is 2.32 bits per heavy atom. The molecule has 2 rings (SSSR count). The van der Waals surface area contributed by atoms with Crippen LogP contribution in [-0.2, 0) is 9.84 Å². The normalized spacial score (nSPS) is 11.3. The van der Waals surface area contributed by atoms with E-state index in [2.05, 4.69) is 0 Å². The molecule has 0 fully saturated rings. The third kappa shape index (κ3) is 3.19. The van der Waals surface area contributed by atoms with Crippen LogP contribution in [-0.4, -0.2) is 14.7 Å². The molecule has 0 saturated heterocycles. The van der Waals surface area contributed by atoms with Gasteiger partial charge in [-0.25, -0.2) is 8.42 Å². The van der Waals surface area contributed by atoms with Gasteiger partial charge in [0.25, 0.3) is 0 Å². The summed E-state index contributed by atoms with van der Waals surface area (Å²) in [6.45, 7) is 0. The summed E-state index contributed by atoms with van der Waals surface area (Å²) >= 11 is 5.88. The van der Waals surface area contributed by atoms with Crippen molar-refractivity contribution in [2.45, 2.75) is 4.90 Å². The Hall–Kier alpha value is -1.72. The molecule has 2 aromatic rings. The number of rotatable bonds is 3. The first kappa shape index (κ1) is 13.7. The van der Waals surface area contributed by atoms with Crippen molar-refractivity contribution in [1.82, 2.24) is 0 Å². The minimum atomic E-state index is -3.21. The second-order valence-electron chi connectivity index (χ2n) is 4.00. The molecule has 0 unspecified atom stereocenters. The number of ether oxygens (including phenoxy) is 1. The van der Waals surface area contributed by atoms with Crippen molar-refractivity contribution in [2.75, 3.05) is 12.0 Å². The highest BCUT2D eigenvalue weighted by molar-refractivity contribution is 7.90. The minimum absolute atomic E-state index is 0.235. The molecule has 2 N–H and O–H groups in total. The van der Waals surface area contributed by atoms with Gasteiger partial charge in [-0.2, -0.15) is 0 Å². The average molecular weight is 298 g/mol. The highest BCUT2D eigenvalue weighted by atomic mass is 35.5. The van der Waals surface area contributed by atoms with Gasteiger partial charge in [-0.05, 0) is 36.4 Å². The number of nitrogens with two attached hydrogens (primary N) is 1. The third-order valence-electron chi connectivity index (χ3n) is 2.49. The Labute approximate surface area is 116 Å². The number of para-hydroxylation sites is 1. The molecular weight excluding hydrogens is 286 g/mol. The van der Waals surface area contributed by atoms with Gasteiger partial charge in [0, 0.05) is 6.26 Å². The zero-order valence-corrected chi connectivity index (χ0v) is 11.7. The Kier molecular flexibility index (Phi) is 3.68. The van der Waals surface area contributed by atoms with E-state index in [0.717, 1.165) is 6.26 Å². The Bertz CT molecular complexity index is 696. The van der Waals surface area contributed by atoms with Crippen LogP contribution in [0.4, 0.5) is 5.69 Å². The fourth-order valence-electron chi connectivity index (χ4n) is 1.49. The maximum atomic E-state index is 11.3. The monoisotopic (exact) mass is 297 g/mol. The summed E-state index contributed by atoms with van der Waals surface area (Å²) in [4.78, 5) is 0.235. The van der Waals surface area contributed by atoms with E-state index in [4.69, 9.17) is 22.1 Å². The van der Waals surface area contributed by atoms with E-state index in [0.29, 0.717) is 22.2 Å². The lowest BCUT2D eigenvalue weighted by atomic mass is 10.3. The summed E-state index contributed by atoms with van der Waals surface area (Å²) in [7, 11) is -3.21. The number of nitrogen functional groups attached to an aromatic ring is 1. The molecule has 19 heavy (non-hydrogen) atoms. The van der Waals surface area contributed by atoms with Crippen LogP contribution in [0.1, 0.15) is 0 Å². The largest absolute Gasteiger partial charge is 0.455 e. The molecule has 0 atom stereocenters. The van der Waals surface area contributed by atoms with Crippen molar-refractivity contribution in [2.24, 2.45) is 0 Å². The lowest BCUT2D eigenvalue weighted by molar-refractivity contribution is 0.484. The topological polar surface area (TPSA) is 69.4 Å². The van der Waals surface area contributed by atoms with Crippen molar-refractivity contribution >= 4 is 27.1 Å². The van der Waals surface area contributed by atoms with Gasteiger partial charge in [-0.15, -0.1) is 0 Å². The number of hydrogen-bond donors (Lipinski definition) is 1. The molecule has 0 aliphatic carbocycles. The summed E-state index contributed by atoms with van der Waals surface area (Å²) in [5.41, 5.74) is 6.12. The van der Waals surface area contributed by atoms with Crippen LogP contribution in [0.3, 0.4) is 0 Å². The van der Waals surface area contributed by atoms with Gasteiger partial charge >= 0.3 is 0 Å². The van der Waals surface area contributed by atoms with Crippen LogP contribution in [0, 0.1) is 0 Å². The Morgan fingerprint density at radius 2 is 1.74 bits per heavy atom. The predicted molar refractivity (Wildman–Crippen MR) is 75.5 cm³/mol. The number of sulfone groups is 1. The van der Waals surface area contributed by atoms with Crippen LogP contribution in [0.15, 0.2) is 47.4 Å². The molecule has 0 spiro atoms. The van der Waals surface area contributed by atoms with E-state index in [9.17, 15) is 8.42 Å². The van der Waals surface area contributed by atoms with Crippen LogP contribution in [0.5, 0.6) is 11.5 Å². The van der Waals surface area contributed by atoms with Crippen molar-refractivity contribution in [3.05, 3.63) is 47.5 Å². The molecule has 0 saturated carbocycles. The Morgan fingerprint density at radius 1 is 1.11 bits per heavy atom. The van der Waals surface area contributed by atoms with Gasteiger partial charge in [0.1, 0.15) is 5.75 Å². The number of hydrogen-bond acceptors (Lipinski definition) is 4. The molecule has 0 aliphatic rings. The first-order valence-electron chi connectivity index (χ1n) is 5.40. The fraction of sp³-hybridized carbons (Fsp3) is 0.0769. The molecule has 6 heteroatoms. The minimum Gasteiger partial charge on any atom is -0.455 e. The first-order chi connectivity index (χ1) is 8.88. The van der Waals surface area contributed by atoms with Crippen molar-refractivity contribution in [3.8, 4) is 11.5 Å². The summed E-state index contributed by atoms with van der Waals surface area (Å²) in [5.74, 6) is 0.918. The predicted octanol–water partition coefficient (Wildman–Crippen LogP) is 3.12. The van der Waals surface area contributed by atoms with E-state index >= 15 is 0 Å². The lowest BCUT2D eigenvalue weighted by Crippen LogP contribution is -1.97. The molecule has 0 amide bonds. The quantitative estimate of drug-likeness (QED) is 0.884. The van der Waals surface area contributed by atoms with E-state index in [1.54, 1.807) is 30.3 Å². The summed E-state index contributed by atoms with van der Waals surface area (Å²) in [5, 5.41) is 0.408. The Balaban J connectivity index is 2.27. The van der Waals surface area contributed by atoms with Crippen LogP contribution in [0.2, 0.25) is 5.02 Å². The molecule has 0 heterocycles. The molecule has 2 aromatic carbocycles. The van der Waals surface area contributed by atoms with Crippen LogP contribution >= 0.6 is 11.6 Å². The second-order valence-corrected chi connectivity index (χ2v) is 6.42. The van der Waals surface area contributed by atoms with Gasteiger partial charge in [0.05, 0.1) is 15.6 Å². The van der Waals surface area contributed by atoms with E-state index in [-0.39, 0.29) is 4.90 Å². The maximum absolute atomic E-state index is 11.3. The fourth-order valence-corrected chi connectivity index (χ4v) is 2.28. The zero-order chi connectivity index (χ0) is 14.0. The number of anilines is 1. The smallest absolute Gasteiger partial charge is 0.175 e. The van der Waals surface area contributed by atoms with Crippen molar-refractivity contribution in [1.29, 1.82) is 0 Å². The molecule has 0 aliphatic heterocycles. The molecule has 4 nitrogen and oxygen atoms in total. The molecule has 0 bridgehead atoms. The molecule has 0 radical (unpaired) electrons. The summed E-state index contributed by atoms with van der Waals surface area (Å²) < 4.78 is 28.2.